The highest BCUT2D eigenvalue weighted by Gasteiger charge is 2.18. The van der Waals surface area contributed by atoms with Crippen molar-refractivity contribution < 1.29 is 0 Å². The van der Waals surface area contributed by atoms with Crippen molar-refractivity contribution in [3.8, 4) is 5.82 Å². The van der Waals surface area contributed by atoms with Gasteiger partial charge in [-0.25, -0.2) is 9.97 Å². The van der Waals surface area contributed by atoms with Crippen molar-refractivity contribution in [2.45, 2.75) is 52.1 Å². The maximum Gasteiger partial charge on any atom is 0.191 e. The number of nitrogens with one attached hydrogen (secondary N) is 2. The van der Waals surface area contributed by atoms with E-state index < -0.39 is 0 Å². The first-order valence-electron chi connectivity index (χ1n) is 9.08. The Labute approximate surface area is 149 Å². The second-order valence-electron chi connectivity index (χ2n) is 6.90. The zero-order valence-electron chi connectivity index (χ0n) is 15.4. The van der Waals surface area contributed by atoms with E-state index in [1.54, 1.807) is 6.20 Å². The number of hydrogen-bond acceptors (Lipinski definition) is 3. The van der Waals surface area contributed by atoms with E-state index in [0.29, 0.717) is 12.6 Å². The third-order valence-corrected chi connectivity index (χ3v) is 4.92. The van der Waals surface area contributed by atoms with Crippen LogP contribution in [0.15, 0.2) is 35.7 Å². The molecule has 2 aromatic rings. The molecule has 0 bridgehead atoms. The van der Waals surface area contributed by atoms with Crippen LogP contribution in [0.25, 0.3) is 5.82 Å². The minimum absolute atomic E-state index is 0.534. The summed E-state index contributed by atoms with van der Waals surface area (Å²) >= 11 is 0. The lowest BCUT2D eigenvalue weighted by molar-refractivity contribution is 0.329. The highest BCUT2D eigenvalue weighted by Crippen LogP contribution is 2.23. The van der Waals surface area contributed by atoms with Crippen LogP contribution in [0.1, 0.15) is 44.0 Å². The van der Waals surface area contributed by atoms with Crippen LogP contribution in [0.5, 0.6) is 0 Å². The van der Waals surface area contributed by atoms with Crippen molar-refractivity contribution in [3.05, 3.63) is 42.1 Å². The molecule has 1 aliphatic carbocycles. The van der Waals surface area contributed by atoms with Crippen molar-refractivity contribution in [1.29, 1.82) is 0 Å². The molecule has 0 aliphatic heterocycles. The number of imidazole rings is 1. The van der Waals surface area contributed by atoms with Crippen LogP contribution in [-0.4, -0.2) is 33.6 Å². The lowest BCUT2D eigenvalue weighted by Gasteiger charge is -2.28. The van der Waals surface area contributed by atoms with E-state index in [0.717, 1.165) is 29.1 Å². The maximum atomic E-state index is 4.53. The van der Waals surface area contributed by atoms with Gasteiger partial charge >= 0.3 is 0 Å². The van der Waals surface area contributed by atoms with Gasteiger partial charge in [-0.05, 0) is 50.2 Å². The zero-order chi connectivity index (χ0) is 17.6. The quantitative estimate of drug-likeness (QED) is 0.663. The summed E-state index contributed by atoms with van der Waals surface area (Å²) in [4.78, 5) is 13.1. The fourth-order valence-electron chi connectivity index (χ4n) is 3.26. The summed E-state index contributed by atoms with van der Waals surface area (Å²) in [5, 5.41) is 6.93. The molecule has 2 N–H and O–H groups in total. The third kappa shape index (κ3) is 4.59. The molecule has 3 rings (SSSR count). The normalized spacial score (nSPS) is 21.2. The first-order chi connectivity index (χ1) is 12.2. The summed E-state index contributed by atoms with van der Waals surface area (Å²) in [6, 6.07) is 4.64. The molecule has 1 saturated carbocycles. The Kier molecular flexibility index (Phi) is 5.68. The summed E-state index contributed by atoms with van der Waals surface area (Å²) in [5.74, 6) is 3.55. The van der Waals surface area contributed by atoms with Gasteiger partial charge in [0.05, 0.1) is 0 Å². The second kappa shape index (κ2) is 8.14. The van der Waals surface area contributed by atoms with Crippen LogP contribution in [0.2, 0.25) is 0 Å². The molecule has 1 aliphatic rings. The number of aliphatic imine (C=N–C) groups is 1. The van der Waals surface area contributed by atoms with E-state index in [2.05, 4.69) is 38.6 Å². The van der Waals surface area contributed by atoms with Gasteiger partial charge < -0.3 is 10.6 Å². The standard InChI is InChI=1S/C19H28N6/c1-14-4-7-17(8-5-14)24-19(20-3)23-13-16-6-9-18(22-12-16)25-11-10-21-15(25)2/h6,9-12,14,17H,4-5,7-8,13H2,1-3H3,(H2,20,23,24). The molecular formula is C19H28N6. The summed E-state index contributed by atoms with van der Waals surface area (Å²) in [6.45, 7) is 5.02. The zero-order valence-corrected chi connectivity index (χ0v) is 15.4. The van der Waals surface area contributed by atoms with E-state index in [1.807, 2.05) is 37.0 Å². The van der Waals surface area contributed by atoms with Gasteiger partial charge in [-0.3, -0.25) is 9.56 Å². The SMILES string of the molecule is CN=C(NCc1ccc(-n2ccnc2C)nc1)NC1CCC(C)CC1. The Balaban J connectivity index is 1.52. The van der Waals surface area contributed by atoms with Crippen molar-refractivity contribution in [2.75, 3.05) is 7.05 Å². The van der Waals surface area contributed by atoms with E-state index in [-0.39, 0.29) is 0 Å². The lowest BCUT2D eigenvalue weighted by Crippen LogP contribution is -2.44. The number of rotatable bonds is 4. The van der Waals surface area contributed by atoms with Gasteiger partial charge in [-0.15, -0.1) is 0 Å². The fraction of sp³-hybridized carbons (Fsp3) is 0.526. The van der Waals surface area contributed by atoms with Gasteiger partial charge in [0.25, 0.3) is 0 Å². The first-order valence-corrected chi connectivity index (χ1v) is 9.08. The average molecular weight is 340 g/mol. The molecule has 0 aromatic carbocycles. The third-order valence-electron chi connectivity index (χ3n) is 4.92. The number of aromatic nitrogens is 3. The Morgan fingerprint density at radius 2 is 2.04 bits per heavy atom. The van der Waals surface area contributed by atoms with Gasteiger partial charge in [-0.1, -0.05) is 13.0 Å². The van der Waals surface area contributed by atoms with Gasteiger partial charge in [0.15, 0.2) is 5.96 Å². The molecule has 1 fully saturated rings. The molecule has 2 heterocycles. The van der Waals surface area contributed by atoms with Crippen LogP contribution in [-0.2, 0) is 6.54 Å². The molecule has 134 valence electrons. The maximum absolute atomic E-state index is 4.53. The average Bonchev–Trinajstić information content (AvgIpc) is 3.07. The summed E-state index contributed by atoms with van der Waals surface area (Å²) in [7, 11) is 1.82. The molecule has 6 heteroatoms. The summed E-state index contributed by atoms with van der Waals surface area (Å²) in [5.41, 5.74) is 1.13. The summed E-state index contributed by atoms with van der Waals surface area (Å²) in [6.07, 6.45) is 10.7. The van der Waals surface area contributed by atoms with Gasteiger partial charge in [0, 0.05) is 38.2 Å². The molecule has 6 nitrogen and oxygen atoms in total. The molecule has 25 heavy (non-hydrogen) atoms. The van der Waals surface area contributed by atoms with Crippen LogP contribution in [0, 0.1) is 12.8 Å². The van der Waals surface area contributed by atoms with E-state index in [9.17, 15) is 0 Å². The van der Waals surface area contributed by atoms with E-state index in [1.165, 1.54) is 25.7 Å². The highest BCUT2D eigenvalue weighted by molar-refractivity contribution is 5.79. The highest BCUT2D eigenvalue weighted by atomic mass is 15.2. The molecule has 0 amide bonds. The fourth-order valence-corrected chi connectivity index (χ4v) is 3.26. The van der Waals surface area contributed by atoms with Gasteiger partial charge in [0.2, 0.25) is 0 Å². The van der Waals surface area contributed by atoms with Gasteiger partial charge in [-0.2, -0.15) is 0 Å². The number of pyridine rings is 1. The van der Waals surface area contributed by atoms with Crippen LogP contribution in [0.4, 0.5) is 0 Å². The number of guanidine groups is 1. The predicted octanol–water partition coefficient (Wildman–Crippen LogP) is 2.82. The summed E-state index contributed by atoms with van der Waals surface area (Å²) < 4.78 is 1.97. The number of hydrogen-bond donors (Lipinski definition) is 2. The van der Waals surface area contributed by atoms with Crippen molar-refractivity contribution >= 4 is 5.96 Å². The van der Waals surface area contributed by atoms with Crippen molar-refractivity contribution in [1.82, 2.24) is 25.2 Å². The Hall–Kier alpha value is -2.37. The first kappa shape index (κ1) is 17.5. The van der Waals surface area contributed by atoms with E-state index >= 15 is 0 Å². The largest absolute Gasteiger partial charge is 0.354 e. The molecule has 0 unspecified atom stereocenters. The van der Waals surface area contributed by atoms with Gasteiger partial charge in [0.1, 0.15) is 11.6 Å². The van der Waals surface area contributed by atoms with Crippen LogP contribution < -0.4 is 10.6 Å². The molecule has 2 aromatic heterocycles. The van der Waals surface area contributed by atoms with Crippen LogP contribution in [0.3, 0.4) is 0 Å². The van der Waals surface area contributed by atoms with Crippen molar-refractivity contribution in [2.24, 2.45) is 10.9 Å². The molecule has 0 radical (unpaired) electrons. The Bertz CT molecular complexity index is 695. The molecular weight excluding hydrogens is 312 g/mol. The van der Waals surface area contributed by atoms with Crippen LogP contribution >= 0.6 is 0 Å². The number of aryl methyl sites for hydroxylation is 1. The minimum atomic E-state index is 0.534. The minimum Gasteiger partial charge on any atom is -0.354 e. The number of nitrogens with zero attached hydrogens (tertiary/aromatic N) is 4. The monoisotopic (exact) mass is 340 g/mol. The molecule has 0 spiro atoms. The Morgan fingerprint density at radius 1 is 1.24 bits per heavy atom. The molecule has 0 saturated heterocycles. The second-order valence-corrected chi connectivity index (χ2v) is 6.90. The topological polar surface area (TPSA) is 67.1 Å². The smallest absolute Gasteiger partial charge is 0.191 e. The Morgan fingerprint density at radius 3 is 2.64 bits per heavy atom. The van der Waals surface area contributed by atoms with E-state index in [4.69, 9.17) is 0 Å². The predicted molar refractivity (Wildman–Crippen MR) is 101 cm³/mol. The molecule has 0 atom stereocenters. The van der Waals surface area contributed by atoms with Crippen molar-refractivity contribution in [3.63, 3.8) is 0 Å². The lowest BCUT2D eigenvalue weighted by atomic mass is 9.87.